The Morgan fingerprint density at radius 1 is 1.05 bits per heavy atom. The van der Waals surface area contributed by atoms with Crippen molar-refractivity contribution in [3.8, 4) is 0 Å². The number of benzene rings is 1. The zero-order valence-corrected chi connectivity index (χ0v) is 11.4. The Hall–Kier alpha value is -2.54. The maximum atomic E-state index is 10.6. The van der Waals surface area contributed by atoms with Crippen molar-refractivity contribution in [2.45, 2.75) is 25.9 Å². The van der Waals surface area contributed by atoms with Gasteiger partial charge in [-0.05, 0) is 36.6 Å². The number of aliphatic imine (C=N–C) groups is 2. The van der Waals surface area contributed by atoms with Crippen LogP contribution in [-0.2, 0) is 9.59 Å². The first-order valence-electron chi connectivity index (χ1n) is 6.25. The molecule has 4 heteroatoms. The lowest BCUT2D eigenvalue weighted by atomic mass is 9.83. The molecular formula is C16H14N2O2. The van der Waals surface area contributed by atoms with E-state index in [1.54, 1.807) is 6.08 Å². The van der Waals surface area contributed by atoms with Gasteiger partial charge in [-0.3, -0.25) is 0 Å². The first kappa shape index (κ1) is 13.9. The molecule has 0 bridgehead atoms. The summed E-state index contributed by atoms with van der Waals surface area (Å²) in [5, 5.41) is 0. The molecule has 0 saturated heterocycles. The van der Waals surface area contributed by atoms with Crippen LogP contribution < -0.4 is 0 Å². The average Bonchev–Trinajstić information content (AvgIpc) is 2.39. The maximum Gasteiger partial charge on any atom is 0.237 e. The highest BCUT2D eigenvalue weighted by molar-refractivity contribution is 5.82. The molecule has 20 heavy (non-hydrogen) atoms. The van der Waals surface area contributed by atoms with Gasteiger partial charge in [-0.2, -0.15) is 9.98 Å². The van der Waals surface area contributed by atoms with E-state index in [0.29, 0.717) is 6.42 Å². The smallest absolute Gasteiger partial charge is 0.211 e. The summed E-state index contributed by atoms with van der Waals surface area (Å²) in [6.45, 7) is 3.87. The summed E-state index contributed by atoms with van der Waals surface area (Å²) in [4.78, 5) is 28.6. The van der Waals surface area contributed by atoms with Crippen molar-refractivity contribution in [1.82, 2.24) is 0 Å². The first-order chi connectivity index (χ1) is 9.62. The normalized spacial score (nSPS) is 21.6. The van der Waals surface area contributed by atoms with E-state index in [2.05, 4.69) is 9.98 Å². The van der Waals surface area contributed by atoms with Crippen molar-refractivity contribution >= 4 is 17.7 Å². The zero-order valence-electron chi connectivity index (χ0n) is 11.4. The topological polar surface area (TPSA) is 58.9 Å². The second-order valence-electron chi connectivity index (χ2n) is 4.81. The van der Waals surface area contributed by atoms with Crippen LogP contribution in [0.15, 0.2) is 57.5 Å². The van der Waals surface area contributed by atoms with Gasteiger partial charge in [0.05, 0.1) is 0 Å². The van der Waals surface area contributed by atoms with E-state index in [1.807, 2.05) is 44.2 Å². The Labute approximate surface area is 117 Å². The Kier molecular flexibility index (Phi) is 3.90. The van der Waals surface area contributed by atoms with Gasteiger partial charge in [-0.1, -0.05) is 35.9 Å². The molecule has 0 saturated carbocycles. The summed E-state index contributed by atoms with van der Waals surface area (Å²) in [5.41, 5.74) is 2.96. The molecule has 0 N–H and O–H groups in total. The molecule has 0 amide bonds. The predicted molar refractivity (Wildman–Crippen MR) is 76.4 cm³/mol. The van der Waals surface area contributed by atoms with Crippen molar-refractivity contribution in [2.24, 2.45) is 9.98 Å². The molecule has 0 spiro atoms. The summed E-state index contributed by atoms with van der Waals surface area (Å²) in [6.07, 6.45) is 5.08. The quantitative estimate of drug-likeness (QED) is 0.623. The number of carbonyl (C=O) groups excluding carboxylic acids is 2. The largest absolute Gasteiger partial charge is 0.237 e. The second-order valence-corrected chi connectivity index (χ2v) is 4.81. The van der Waals surface area contributed by atoms with Gasteiger partial charge < -0.3 is 0 Å². The van der Waals surface area contributed by atoms with Crippen LogP contribution in [0.3, 0.4) is 0 Å². The third-order valence-electron chi connectivity index (χ3n) is 3.34. The van der Waals surface area contributed by atoms with E-state index in [-0.39, 0.29) is 0 Å². The van der Waals surface area contributed by atoms with Crippen LogP contribution in [0.2, 0.25) is 0 Å². The monoisotopic (exact) mass is 266 g/mol. The fraction of sp³-hybridized carbons (Fsp3) is 0.250. The molecule has 0 aliphatic heterocycles. The molecule has 0 fully saturated rings. The number of allylic oxidation sites excluding steroid dienone is 2. The molecule has 1 aliphatic rings. The molecule has 1 aromatic rings. The van der Waals surface area contributed by atoms with Crippen LogP contribution >= 0.6 is 0 Å². The van der Waals surface area contributed by atoms with Crippen LogP contribution in [0, 0.1) is 0 Å². The third kappa shape index (κ3) is 2.57. The molecule has 4 nitrogen and oxygen atoms in total. The summed E-state index contributed by atoms with van der Waals surface area (Å²) in [6, 6.07) is 9.94. The minimum Gasteiger partial charge on any atom is -0.211 e. The number of hydrogen-bond donors (Lipinski definition) is 0. The molecule has 0 unspecified atom stereocenters. The van der Waals surface area contributed by atoms with Gasteiger partial charge in [-0.15, -0.1) is 0 Å². The molecule has 0 atom stereocenters. The Balaban J connectivity index is 2.54. The number of hydrogen-bond acceptors (Lipinski definition) is 4. The molecule has 0 aromatic heterocycles. The number of rotatable bonds is 3. The van der Waals surface area contributed by atoms with Gasteiger partial charge >= 0.3 is 0 Å². The van der Waals surface area contributed by atoms with Crippen molar-refractivity contribution in [1.29, 1.82) is 0 Å². The van der Waals surface area contributed by atoms with E-state index >= 15 is 0 Å². The summed E-state index contributed by atoms with van der Waals surface area (Å²) in [5.74, 6) is 0. The molecular weight excluding hydrogens is 252 g/mol. The van der Waals surface area contributed by atoms with E-state index in [0.717, 1.165) is 22.3 Å². The number of isocyanates is 2. The molecule has 1 aliphatic carbocycles. The minimum atomic E-state index is -1.18. The van der Waals surface area contributed by atoms with Crippen molar-refractivity contribution in [3.05, 3.63) is 53.1 Å². The van der Waals surface area contributed by atoms with Crippen molar-refractivity contribution < 1.29 is 9.59 Å². The summed E-state index contributed by atoms with van der Waals surface area (Å²) < 4.78 is 0. The molecule has 2 rings (SSSR count). The van der Waals surface area contributed by atoms with Crippen LogP contribution in [0.4, 0.5) is 0 Å². The van der Waals surface area contributed by atoms with Gasteiger partial charge in [0.25, 0.3) is 0 Å². The standard InChI is InChI=1S/C16H14N2O2/c1-12-8-16(17-10-19,18-11-20)9-13(2)15(12)14-6-4-3-5-7-14/h3-8H,9H2,1-2H3. The van der Waals surface area contributed by atoms with Crippen LogP contribution in [0.5, 0.6) is 0 Å². The average molecular weight is 266 g/mol. The van der Waals surface area contributed by atoms with Gasteiger partial charge in [-0.25, -0.2) is 9.59 Å². The summed E-state index contributed by atoms with van der Waals surface area (Å²) in [7, 11) is 0. The third-order valence-corrected chi connectivity index (χ3v) is 3.34. The fourth-order valence-electron chi connectivity index (χ4n) is 2.69. The van der Waals surface area contributed by atoms with Crippen LogP contribution in [0.25, 0.3) is 5.57 Å². The SMILES string of the molecule is CC1=CC(N=C=O)(N=C=O)CC(C)=C1c1ccccc1. The highest BCUT2D eigenvalue weighted by Crippen LogP contribution is 2.39. The molecule has 1 aromatic carbocycles. The Bertz CT molecular complexity index is 656. The van der Waals surface area contributed by atoms with Gasteiger partial charge in [0, 0.05) is 6.42 Å². The first-order valence-corrected chi connectivity index (χ1v) is 6.25. The van der Waals surface area contributed by atoms with E-state index in [9.17, 15) is 9.59 Å². The van der Waals surface area contributed by atoms with Gasteiger partial charge in [0.2, 0.25) is 12.2 Å². The highest BCUT2D eigenvalue weighted by atomic mass is 16.1. The lowest BCUT2D eigenvalue weighted by molar-refractivity contribution is 0.506. The van der Waals surface area contributed by atoms with Crippen LogP contribution in [0.1, 0.15) is 25.8 Å². The fourth-order valence-corrected chi connectivity index (χ4v) is 2.69. The second kappa shape index (κ2) is 5.62. The van der Waals surface area contributed by atoms with Gasteiger partial charge in [0.15, 0.2) is 5.66 Å². The van der Waals surface area contributed by atoms with Crippen molar-refractivity contribution in [2.75, 3.05) is 0 Å². The maximum absolute atomic E-state index is 10.6. The van der Waals surface area contributed by atoms with Gasteiger partial charge in [0.1, 0.15) is 0 Å². The minimum absolute atomic E-state index is 0.374. The Morgan fingerprint density at radius 3 is 2.15 bits per heavy atom. The number of nitrogens with zero attached hydrogens (tertiary/aromatic N) is 2. The predicted octanol–water partition coefficient (Wildman–Crippen LogP) is 3.18. The molecule has 0 radical (unpaired) electrons. The van der Waals surface area contributed by atoms with E-state index < -0.39 is 5.66 Å². The Morgan fingerprint density at radius 2 is 1.65 bits per heavy atom. The van der Waals surface area contributed by atoms with Crippen molar-refractivity contribution in [3.63, 3.8) is 0 Å². The molecule has 0 heterocycles. The lowest BCUT2D eigenvalue weighted by Crippen LogP contribution is -2.25. The van der Waals surface area contributed by atoms with Crippen LogP contribution in [-0.4, -0.2) is 17.8 Å². The zero-order chi connectivity index (χ0) is 14.6. The lowest BCUT2D eigenvalue weighted by Gasteiger charge is -2.27. The van der Waals surface area contributed by atoms with E-state index in [4.69, 9.17) is 0 Å². The highest BCUT2D eigenvalue weighted by Gasteiger charge is 2.32. The van der Waals surface area contributed by atoms with E-state index in [1.165, 1.54) is 12.2 Å². The molecule has 100 valence electrons. The summed E-state index contributed by atoms with van der Waals surface area (Å²) >= 11 is 0.